The van der Waals surface area contributed by atoms with E-state index in [1.807, 2.05) is 5.01 Å². The average Bonchev–Trinajstić information content (AvgIpc) is 2.66. The summed E-state index contributed by atoms with van der Waals surface area (Å²) in [5.41, 5.74) is 3.37. The van der Waals surface area contributed by atoms with Gasteiger partial charge in [-0.3, -0.25) is 14.9 Å². The molecule has 0 radical (unpaired) electrons. The third-order valence-corrected chi connectivity index (χ3v) is 2.32. The number of nitrogens with one attached hydrogen (secondary N) is 1. The van der Waals surface area contributed by atoms with E-state index in [9.17, 15) is 4.79 Å². The minimum atomic E-state index is -0.128. The Morgan fingerprint density at radius 2 is 2.27 bits per heavy atom. The van der Waals surface area contributed by atoms with Crippen LogP contribution in [0.3, 0.4) is 0 Å². The Hall–Kier alpha value is -1.40. The molecule has 82 valence electrons. The van der Waals surface area contributed by atoms with Crippen molar-refractivity contribution in [3.63, 3.8) is 0 Å². The lowest BCUT2D eigenvalue weighted by atomic mass is 10.4. The summed E-state index contributed by atoms with van der Waals surface area (Å²) in [6, 6.07) is 1.69. The van der Waals surface area contributed by atoms with Gasteiger partial charge in [-0.05, 0) is 6.07 Å². The van der Waals surface area contributed by atoms with Crippen LogP contribution >= 0.6 is 0 Å². The molecule has 2 heterocycles. The topological polar surface area (TPSA) is 59.4 Å². The molecule has 6 nitrogen and oxygen atoms in total. The van der Waals surface area contributed by atoms with Crippen molar-refractivity contribution in [3.8, 4) is 0 Å². The van der Waals surface area contributed by atoms with E-state index in [-0.39, 0.29) is 5.91 Å². The Balaban J connectivity index is 1.94. The fraction of sp³-hybridized carbons (Fsp3) is 0.556. The van der Waals surface area contributed by atoms with E-state index in [0.717, 1.165) is 13.1 Å². The van der Waals surface area contributed by atoms with Gasteiger partial charge in [-0.1, -0.05) is 0 Å². The summed E-state index contributed by atoms with van der Waals surface area (Å²) in [5, 5.41) is 5.80. The third kappa shape index (κ3) is 2.34. The SMILES string of the molecule is Cn1nccc1C(=O)NN1CCOCC1. The maximum absolute atomic E-state index is 11.7. The number of nitrogens with zero attached hydrogens (tertiary/aromatic N) is 3. The van der Waals surface area contributed by atoms with Crippen LogP contribution in [0.1, 0.15) is 10.5 Å². The lowest BCUT2D eigenvalue weighted by molar-refractivity contribution is 0.0123. The maximum Gasteiger partial charge on any atom is 0.283 e. The van der Waals surface area contributed by atoms with E-state index in [4.69, 9.17) is 4.74 Å². The smallest absolute Gasteiger partial charge is 0.283 e. The first-order valence-corrected chi connectivity index (χ1v) is 4.89. The number of morpholine rings is 1. The lowest BCUT2D eigenvalue weighted by Gasteiger charge is -2.26. The molecule has 0 aromatic carbocycles. The molecule has 1 aliphatic rings. The summed E-state index contributed by atoms with van der Waals surface area (Å²) < 4.78 is 6.74. The first-order valence-electron chi connectivity index (χ1n) is 4.89. The summed E-state index contributed by atoms with van der Waals surface area (Å²) in [5.74, 6) is -0.128. The molecule has 1 N–H and O–H groups in total. The van der Waals surface area contributed by atoms with E-state index in [1.165, 1.54) is 0 Å². The molecule has 0 unspecified atom stereocenters. The number of aryl methyl sites for hydroxylation is 1. The van der Waals surface area contributed by atoms with Gasteiger partial charge in [0.05, 0.1) is 13.2 Å². The summed E-state index contributed by atoms with van der Waals surface area (Å²) in [6.45, 7) is 2.77. The summed E-state index contributed by atoms with van der Waals surface area (Å²) in [4.78, 5) is 11.7. The maximum atomic E-state index is 11.7. The molecule has 2 rings (SSSR count). The van der Waals surface area contributed by atoms with Crippen LogP contribution in [-0.2, 0) is 11.8 Å². The van der Waals surface area contributed by atoms with Crippen LogP contribution in [-0.4, -0.2) is 47.0 Å². The minimum absolute atomic E-state index is 0.128. The molecule has 15 heavy (non-hydrogen) atoms. The van der Waals surface area contributed by atoms with Gasteiger partial charge in [0.15, 0.2) is 0 Å². The van der Waals surface area contributed by atoms with Crippen molar-refractivity contribution in [2.24, 2.45) is 7.05 Å². The highest BCUT2D eigenvalue weighted by Crippen LogP contribution is 1.98. The van der Waals surface area contributed by atoms with Crippen molar-refractivity contribution in [2.45, 2.75) is 0 Å². The Morgan fingerprint density at radius 3 is 2.87 bits per heavy atom. The first-order chi connectivity index (χ1) is 7.27. The van der Waals surface area contributed by atoms with Crippen molar-refractivity contribution >= 4 is 5.91 Å². The number of hydrazine groups is 1. The summed E-state index contributed by atoms with van der Waals surface area (Å²) >= 11 is 0. The predicted octanol–water partition coefficient (Wildman–Crippen LogP) is -0.603. The number of aromatic nitrogens is 2. The molecule has 0 bridgehead atoms. The number of amides is 1. The van der Waals surface area contributed by atoms with Crippen LogP contribution in [0.15, 0.2) is 12.3 Å². The van der Waals surface area contributed by atoms with Gasteiger partial charge in [0, 0.05) is 26.3 Å². The Bertz CT molecular complexity index is 344. The quantitative estimate of drug-likeness (QED) is 0.708. The molecule has 1 aromatic heterocycles. The van der Waals surface area contributed by atoms with Gasteiger partial charge in [-0.25, -0.2) is 5.01 Å². The number of carbonyl (C=O) groups excluding carboxylic acids is 1. The van der Waals surface area contributed by atoms with Gasteiger partial charge in [-0.15, -0.1) is 0 Å². The zero-order chi connectivity index (χ0) is 10.7. The Morgan fingerprint density at radius 1 is 1.53 bits per heavy atom. The molecule has 1 fully saturated rings. The predicted molar refractivity (Wildman–Crippen MR) is 53.1 cm³/mol. The van der Waals surface area contributed by atoms with Gasteiger partial charge < -0.3 is 4.74 Å². The summed E-state index contributed by atoms with van der Waals surface area (Å²) in [6.07, 6.45) is 1.61. The van der Waals surface area contributed by atoms with Gasteiger partial charge in [0.2, 0.25) is 0 Å². The molecule has 1 aromatic rings. The lowest BCUT2D eigenvalue weighted by Crippen LogP contribution is -2.48. The average molecular weight is 210 g/mol. The van der Waals surface area contributed by atoms with Crippen molar-refractivity contribution in [1.82, 2.24) is 20.2 Å². The number of hydrogen-bond acceptors (Lipinski definition) is 4. The van der Waals surface area contributed by atoms with Crippen LogP contribution < -0.4 is 5.43 Å². The Kier molecular flexibility index (Phi) is 2.98. The van der Waals surface area contributed by atoms with Gasteiger partial charge in [-0.2, -0.15) is 5.10 Å². The monoisotopic (exact) mass is 210 g/mol. The van der Waals surface area contributed by atoms with E-state index in [0.29, 0.717) is 18.9 Å². The zero-order valence-corrected chi connectivity index (χ0v) is 8.64. The van der Waals surface area contributed by atoms with Crippen LogP contribution in [0.4, 0.5) is 0 Å². The number of hydrogen-bond donors (Lipinski definition) is 1. The number of rotatable bonds is 2. The fourth-order valence-electron chi connectivity index (χ4n) is 1.47. The molecular formula is C9H14N4O2. The second-order valence-electron chi connectivity index (χ2n) is 3.38. The Labute approximate surface area is 87.8 Å². The largest absolute Gasteiger partial charge is 0.379 e. The molecule has 1 aliphatic heterocycles. The molecule has 0 aliphatic carbocycles. The van der Waals surface area contributed by atoms with Crippen molar-refractivity contribution in [3.05, 3.63) is 18.0 Å². The standard InChI is InChI=1S/C9H14N4O2/c1-12-8(2-3-10-12)9(14)11-13-4-6-15-7-5-13/h2-3H,4-7H2,1H3,(H,11,14). The van der Waals surface area contributed by atoms with E-state index >= 15 is 0 Å². The van der Waals surface area contributed by atoms with Crippen molar-refractivity contribution in [1.29, 1.82) is 0 Å². The normalized spacial score (nSPS) is 17.7. The highest BCUT2D eigenvalue weighted by molar-refractivity contribution is 5.92. The molecule has 6 heteroatoms. The van der Waals surface area contributed by atoms with E-state index < -0.39 is 0 Å². The van der Waals surface area contributed by atoms with Crippen LogP contribution in [0.5, 0.6) is 0 Å². The molecule has 1 saturated heterocycles. The second-order valence-corrected chi connectivity index (χ2v) is 3.38. The first kappa shape index (κ1) is 10.1. The highest BCUT2D eigenvalue weighted by atomic mass is 16.5. The van der Waals surface area contributed by atoms with Crippen LogP contribution in [0, 0.1) is 0 Å². The van der Waals surface area contributed by atoms with Crippen molar-refractivity contribution in [2.75, 3.05) is 26.3 Å². The number of carbonyl (C=O) groups is 1. The third-order valence-electron chi connectivity index (χ3n) is 2.32. The zero-order valence-electron chi connectivity index (χ0n) is 8.64. The van der Waals surface area contributed by atoms with Crippen LogP contribution in [0.25, 0.3) is 0 Å². The second kappa shape index (κ2) is 4.41. The van der Waals surface area contributed by atoms with Gasteiger partial charge >= 0.3 is 0 Å². The highest BCUT2D eigenvalue weighted by Gasteiger charge is 2.15. The van der Waals surface area contributed by atoms with E-state index in [2.05, 4.69) is 10.5 Å². The molecule has 0 atom stereocenters. The van der Waals surface area contributed by atoms with Crippen molar-refractivity contribution < 1.29 is 9.53 Å². The summed E-state index contributed by atoms with van der Waals surface area (Å²) in [7, 11) is 1.74. The van der Waals surface area contributed by atoms with E-state index in [1.54, 1.807) is 24.0 Å². The number of ether oxygens (including phenoxy) is 1. The molecule has 0 saturated carbocycles. The molecule has 1 amide bonds. The minimum Gasteiger partial charge on any atom is -0.379 e. The molecule has 0 spiro atoms. The van der Waals surface area contributed by atoms with Crippen LogP contribution in [0.2, 0.25) is 0 Å². The van der Waals surface area contributed by atoms with Gasteiger partial charge in [0.25, 0.3) is 5.91 Å². The fourth-order valence-corrected chi connectivity index (χ4v) is 1.47. The molecular weight excluding hydrogens is 196 g/mol. The van der Waals surface area contributed by atoms with Gasteiger partial charge in [0.1, 0.15) is 5.69 Å².